The number of hydrogen-bond acceptors (Lipinski definition) is 15. The van der Waals surface area contributed by atoms with Crippen molar-refractivity contribution in [2.75, 3.05) is 18.1 Å². The molecule has 4 rings (SSSR count). The average Bonchev–Trinajstić information content (AvgIpc) is 3.51. The molecule has 0 saturated carbocycles. The summed E-state index contributed by atoms with van der Waals surface area (Å²) in [5, 5.41) is 20.4. The number of carbonyl (C=O) groups excluding carboxylic acids is 5. The van der Waals surface area contributed by atoms with Crippen molar-refractivity contribution in [3.63, 3.8) is 0 Å². The molecular weight excluding hydrogens is 623 g/mol. The van der Waals surface area contributed by atoms with Crippen molar-refractivity contribution in [2.45, 2.75) is 55.0 Å². The minimum atomic E-state index is -1.76. The molecule has 14 nitrogen and oxygen atoms in total. The van der Waals surface area contributed by atoms with Gasteiger partial charge in [-0.05, 0) is 19.4 Å². The Kier molecular flexibility index (Phi) is 10.8. The zero-order chi connectivity index (χ0) is 31.3. The molecule has 4 N–H and O–H groups in total. The summed E-state index contributed by atoms with van der Waals surface area (Å²) in [4.78, 5) is 65.2. The molecule has 5 atom stereocenters. The summed E-state index contributed by atoms with van der Waals surface area (Å²) in [5.74, 6) is -2.27. The first kappa shape index (κ1) is 32.4. The summed E-state index contributed by atoms with van der Waals surface area (Å²) in [7, 11) is 0. The maximum Gasteiger partial charge on any atom is 0.511 e. The quantitative estimate of drug-likeness (QED) is 0.0982. The zero-order valence-corrected chi connectivity index (χ0v) is 25.7. The molecule has 1 aromatic carbocycles. The number of thioether (sulfide) groups is 2. The Hall–Kier alpha value is -3.51. The Labute approximate surface area is 258 Å². The van der Waals surface area contributed by atoms with E-state index in [0.717, 1.165) is 0 Å². The predicted octanol–water partition coefficient (Wildman–Crippen LogP) is 1.61. The van der Waals surface area contributed by atoms with Gasteiger partial charge in [-0.3, -0.25) is 19.3 Å². The SMILES string of the molecule is CCOC(=O)OC(C)OC(=O)C1=C(CSc2nncs2)CS[C@H]2C(NC(=O)C(O)c3ccccc3C(=O)[C@H](C)N)C(=O)N12. The molecular formula is C26H29N5O9S3. The third-order valence-corrected chi connectivity index (χ3v) is 9.51. The van der Waals surface area contributed by atoms with E-state index in [2.05, 4.69) is 15.5 Å². The van der Waals surface area contributed by atoms with Gasteiger partial charge in [0.2, 0.25) is 6.29 Å². The molecule has 1 fully saturated rings. The van der Waals surface area contributed by atoms with E-state index in [-0.39, 0.29) is 29.2 Å². The summed E-state index contributed by atoms with van der Waals surface area (Å²) >= 11 is 3.95. The summed E-state index contributed by atoms with van der Waals surface area (Å²) in [6, 6.07) is 4.11. The molecule has 1 saturated heterocycles. The van der Waals surface area contributed by atoms with Gasteiger partial charge in [0.25, 0.3) is 11.8 Å². The summed E-state index contributed by atoms with van der Waals surface area (Å²) < 4.78 is 15.6. The van der Waals surface area contributed by atoms with E-state index in [1.807, 2.05) is 0 Å². The smallest absolute Gasteiger partial charge is 0.435 e. The van der Waals surface area contributed by atoms with E-state index in [0.29, 0.717) is 15.7 Å². The lowest BCUT2D eigenvalue weighted by molar-refractivity contribution is -0.169. The van der Waals surface area contributed by atoms with Crippen molar-refractivity contribution >= 4 is 64.6 Å². The van der Waals surface area contributed by atoms with Crippen LogP contribution in [0.3, 0.4) is 0 Å². The number of nitrogens with zero attached hydrogens (tertiary/aromatic N) is 3. The number of fused-ring (bicyclic) bond motifs is 1. The van der Waals surface area contributed by atoms with Gasteiger partial charge >= 0.3 is 12.1 Å². The lowest BCUT2D eigenvalue weighted by atomic mass is 9.95. The van der Waals surface area contributed by atoms with Crippen LogP contribution in [0.2, 0.25) is 0 Å². The summed E-state index contributed by atoms with van der Waals surface area (Å²) in [6.45, 7) is 4.48. The van der Waals surface area contributed by atoms with Crippen molar-refractivity contribution in [1.82, 2.24) is 20.4 Å². The van der Waals surface area contributed by atoms with Gasteiger partial charge in [0, 0.05) is 29.6 Å². The Balaban J connectivity index is 1.51. The molecule has 0 aliphatic carbocycles. The highest BCUT2D eigenvalue weighted by atomic mass is 32.2. The number of rotatable bonds is 12. The van der Waals surface area contributed by atoms with E-state index < -0.39 is 59.6 Å². The van der Waals surface area contributed by atoms with Crippen molar-refractivity contribution in [2.24, 2.45) is 5.73 Å². The molecule has 3 unspecified atom stereocenters. The number of aliphatic hydroxyl groups is 1. The number of Topliss-reactive ketones (excluding diaryl/α,β-unsaturated/α-hetero) is 1. The highest BCUT2D eigenvalue weighted by Gasteiger charge is 2.55. The molecule has 2 aliphatic heterocycles. The van der Waals surface area contributed by atoms with Gasteiger partial charge in [0.15, 0.2) is 16.2 Å². The fourth-order valence-corrected chi connectivity index (χ4v) is 7.23. The minimum absolute atomic E-state index is 0.0380. The lowest BCUT2D eigenvalue weighted by Crippen LogP contribution is -2.71. The number of esters is 1. The van der Waals surface area contributed by atoms with Crippen LogP contribution in [-0.2, 0) is 28.6 Å². The van der Waals surface area contributed by atoms with E-state index in [1.54, 1.807) is 24.6 Å². The number of benzene rings is 1. The molecule has 2 aliphatic rings. The monoisotopic (exact) mass is 651 g/mol. The van der Waals surface area contributed by atoms with Crippen LogP contribution >= 0.6 is 34.9 Å². The number of aliphatic hydroxyl groups excluding tert-OH is 1. The van der Waals surface area contributed by atoms with Crippen LogP contribution in [-0.4, -0.2) is 91.8 Å². The maximum atomic E-state index is 13.4. The maximum absolute atomic E-state index is 13.4. The molecule has 0 bridgehead atoms. The molecule has 0 radical (unpaired) electrons. The van der Waals surface area contributed by atoms with Gasteiger partial charge in [-0.25, -0.2) is 9.59 Å². The van der Waals surface area contributed by atoms with Crippen molar-refractivity contribution in [3.8, 4) is 0 Å². The third kappa shape index (κ3) is 7.35. The van der Waals surface area contributed by atoms with Crippen LogP contribution in [0, 0.1) is 0 Å². The van der Waals surface area contributed by atoms with E-state index in [1.165, 1.54) is 65.7 Å². The fourth-order valence-electron chi connectivity index (χ4n) is 4.25. The molecule has 2 aromatic rings. The second-order valence-corrected chi connectivity index (χ2v) is 12.4. The number of amides is 2. The molecule has 1 aromatic heterocycles. The van der Waals surface area contributed by atoms with E-state index in [4.69, 9.17) is 19.9 Å². The molecule has 0 spiro atoms. The minimum Gasteiger partial charge on any atom is -0.435 e. The van der Waals surface area contributed by atoms with Gasteiger partial charge in [-0.15, -0.1) is 22.0 Å². The highest BCUT2D eigenvalue weighted by Crippen LogP contribution is 2.42. The van der Waals surface area contributed by atoms with E-state index in [9.17, 15) is 29.1 Å². The standard InChI is InChI=1S/C26H29N5O9S3/c1-4-38-26(37)40-13(3)39-24(36)18-14(10-42-25-30-28-11-43-25)9-41-23-17(22(35)31(18)23)29-21(34)20(33)16-8-6-5-7-15(16)19(32)12(2)27/h5-8,11-13,17,20,23,33H,4,9-10,27H2,1-3H3,(H,29,34)/t12-,13?,17?,20?,23-/m0/s1. The molecule has 230 valence electrons. The number of β-lactam (4-membered cyclic amide) rings is 1. The number of nitrogens with one attached hydrogen (secondary N) is 1. The number of aromatic nitrogens is 2. The number of carbonyl (C=O) groups is 5. The normalized spacial score (nSPS) is 19.8. The Bertz CT molecular complexity index is 1420. The largest absolute Gasteiger partial charge is 0.511 e. The Morgan fingerprint density at radius 2 is 1.98 bits per heavy atom. The second kappa shape index (κ2) is 14.3. The number of ketones is 1. The van der Waals surface area contributed by atoms with Crippen LogP contribution in [0.15, 0.2) is 45.4 Å². The van der Waals surface area contributed by atoms with Gasteiger partial charge < -0.3 is 30.4 Å². The topological polar surface area (TPSA) is 200 Å². The van der Waals surface area contributed by atoms with Crippen molar-refractivity contribution in [3.05, 3.63) is 52.2 Å². The molecule has 3 heterocycles. The number of ether oxygens (including phenoxy) is 3. The molecule has 17 heteroatoms. The molecule has 43 heavy (non-hydrogen) atoms. The molecule has 2 amide bonds. The van der Waals surface area contributed by atoms with Crippen LogP contribution in [0.4, 0.5) is 4.79 Å². The predicted molar refractivity (Wildman–Crippen MR) is 156 cm³/mol. The van der Waals surface area contributed by atoms with Gasteiger partial charge in [0.05, 0.1) is 12.6 Å². The van der Waals surface area contributed by atoms with Gasteiger partial charge in [-0.2, -0.15) is 0 Å². The van der Waals surface area contributed by atoms with Crippen molar-refractivity contribution < 1.29 is 43.3 Å². The average molecular weight is 652 g/mol. The first-order valence-electron chi connectivity index (χ1n) is 13.0. The van der Waals surface area contributed by atoms with Crippen LogP contribution in [0.1, 0.15) is 42.8 Å². The van der Waals surface area contributed by atoms with Gasteiger partial charge in [0.1, 0.15) is 22.6 Å². The fraction of sp³-hybridized carbons (Fsp3) is 0.423. The van der Waals surface area contributed by atoms with Gasteiger partial charge in [-0.1, -0.05) is 47.4 Å². The third-order valence-electron chi connectivity index (χ3n) is 6.23. The second-order valence-electron chi connectivity index (χ2n) is 9.26. The Morgan fingerprint density at radius 1 is 1.23 bits per heavy atom. The van der Waals surface area contributed by atoms with Crippen molar-refractivity contribution in [1.29, 1.82) is 0 Å². The van der Waals surface area contributed by atoms with Crippen LogP contribution in [0.25, 0.3) is 0 Å². The lowest BCUT2D eigenvalue weighted by Gasteiger charge is -2.50. The Morgan fingerprint density at radius 3 is 2.65 bits per heavy atom. The van der Waals surface area contributed by atoms with E-state index >= 15 is 0 Å². The highest BCUT2D eigenvalue weighted by molar-refractivity contribution is 8.01. The first-order valence-corrected chi connectivity index (χ1v) is 15.9. The summed E-state index contributed by atoms with van der Waals surface area (Å²) in [5.41, 5.74) is 7.96. The number of nitrogens with two attached hydrogens (primary N) is 1. The number of hydrogen-bond donors (Lipinski definition) is 3. The first-order chi connectivity index (χ1) is 20.5. The zero-order valence-electron chi connectivity index (χ0n) is 23.3. The van der Waals surface area contributed by atoms with Crippen LogP contribution in [0.5, 0.6) is 0 Å². The van der Waals surface area contributed by atoms with Crippen LogP contribution < -0.4 is 11.1 Å². The summed E-state index contributed by atoms with van der Waals surface area (Å²) in [6.07, 6.45) is -4.09.